The van der Waals surface area contributed by atoms with Gasteiger partial charge in [-0.15, -0.1) is 11.3 Å². The minimum Gasteiger partial charge on any atom is -0.382 e. The van der Waals surface area contributed by atoms with E-state index in [1.54, 1.807) is 19.1 Å². The van der Waals surface area contributed by atoms with Gasteiger partial charge >= 0.3 is 0 Å². The molecule has 0 saturated heterocycles. The largest absolute Gasteiger partial charge is 0.382 e. The predicted octanol–water partition coefficient (Wildman–Crippen LogP) is 3.87. The zero-order valence-corrected chi connectivity index (χ0v) is 13.5. The second-order valence-electron chi connectivity index (χ2n) is 4.77. The van der Waals surface area contributed by atoms with Crippen LogP contribution in [0.2, 0.25) is 0 Å². The number of nitrogens with zero attached hydrogens (tertiary/aromatic N) is 2. The van der Waals surface area contributed by atoms with Gasteiger partial charge in [-0.25, -0.2) is 4.98 Å². The smallest absolute Gasteiger partial charge is 0.272 e. The van der Waals surface area contributed by atoms with Crippen molar-refractivity contribution >= 4 is 22.2 Å². The van der Waals surface area contributed by atoms with Gasteiger partial charge in [0, 0.05) is 42.3 Å². The zero-order chi connectivity index (χ0) is 15.9. The fraction of sp³-hybridized carbons (Fsp3) is 0.400. The lowest BCUT2D eigenvalue weighted by molar-refractivity contribution is -0.385. The fourth-order valence-electron chi connectivity index (χ4n) is 1.97. The van der Waals surface area contributed by atoms with Gasteiger partial charge in [0.2, 0.25) is 0 Å². The third-order valence-corrected chi connectivity index (χ3v) is 3.95. The average molecular weight is 321 g/mol. The number of nitro benzene ring substituents is 1. The maximum atomic E-state index is 11.0. The molecule has 1 N–H and O–H groups in total. The molecule has 0 saturated carbocycles. The van der Waals surface area contributed by atoms with Crippen molar-refractivity contribution in [2.24, 2.45) is 0 Å². The molecule has 0 bridgehead atoms. The molecule has 0 fully saturated rings. The second-order valence-corrected chi connectivity index (χ2v) is 5.63. The molecule has 0 aliphatic carbocycles. The van der Waals surface area contributed by atoms with Crippen molar-refractivity contribution < 1.29 is 9.66 Å². The maximum Gasteiger partial charge on any atom is 0.272 e. The van der Waals surface area contributed by atoms with Gasteiger partial charge in [0.15, 0.2) is 5.13 Å². The minimum absolute atomic E-state index is 0.122. The highest BCUT2D eigenvalue weighted by Gasteiger charge is 2.13. The Balaban J connectivity index is 2.02. The van der Waals surface area contributed by atoms with Gasteiger partial charge in [-0.2, -0.15) is 0 Å². The van der Waals surface area contributed by atoms with Crippen LogP contribution in [-0.4, -0.2) is 29.7 Å². The Morgan fingerprint density at radius 3 is 3.00 bits per heavy atom. The number of hydrogen-bond acceptors (Lipinski definition) is 6. The first-order valence-corrected chi connectivity index (χ1v) is 8.02. The summed E-state index contributed by atoms with van der Waals surface area (Å²) in [6.45, 7) is 5.95. The van der Waals surface area contributed by atoms with E-state index in [1.807, 2.05) is 18.4 Å². The van der Waals surface area contributed by atoms with Crippen LogP contribution in [-0.2, 0) is 4.74 Å². The Bertz CT molecular complexity index is 643. The van der Waals surface area contributed by atoms with Crippen LogP contribution in [0.3, 0.4) is 0 Å². The summed E-state index contributed by atoms with van der Waals surface area (Å²) in [7, 11) is 0. The first kappa shape index (κ1) is 16.4. The topological polar surface area (TPSA) is 77.3 Å². The summed E-state index contributed by atoms with van der Waals surface area (Å²) in [4.78, 5) is 15.1. The minimum atomic E-state index is -0.363. The number of ether oxygens (including phenoxy) is 1. The van der Waals surface area contributed by atoms with Crippen LogP contribution < -0.4 is 5.32 Å². The number of anilines is 1. The number of hydrogen-bond donors (Lipinski definition) is 1. The molecule has 1 aromatic heterocycles. The number of benzene rings is 1. The summed E-state index contributed by atoms with van der Waals surface area (Å²) in [5, 5.41) is 17.0. The van der Waals surface area contributed by atoms with E-state index in [9.17, 15) is 10.1 Å². The van der Waals surface area contributed by atoms with Crippen molar-refractivity contribution in [3.05, 3.63) is 39.3 Å². The van der Waals surface area contributed by atoms with Crippen LogP contribution in [0.5, 0.6) is 0 Å². The molecule has 0 aliphatic heterocycles. The van der Waals surface area contributed by atoms with Gasteiger partial charge in [0.05, 0.1) is 10.6 Å². The van der Waals surface area contributed by atoms with Crippen molar-refractivity contribution in [3.8, 4) is 11.3 Å². The molecule has 7 heteroatoms. The van der Waals surface area contributed by atoms with Crippen LogP contribution in [0.1, 0.15) is 18.9 Å². The lowest BCUT2D eigenvalue weighted by Gasteiger charge is -2.03. The van der Waals surface area contributed by atoms with Gasteiger partial charge in [0.25, 0.3) is 5.69 Å². The normalized spacial score (nSPS) is 10.6. The Morgan fingerprint density at radius 1 is 1.45 bits per heavy atom. The third kappa shape index (κ3) is 4.25. The molecule has 118 valence electrons. The highest BCUT2D eigenvalue weighted by molar-refractivity contribution is 7.14. The zero-order valence-electron chi connectivity index (χ0n) is 12.7. The molecule has 6 nitrogen and oxygen atoms in total. The van der Waals surface area contributed by atoms with E-state index in [0.717, 1.165) is 42.6 Å². The number of nitrogens with one attached hydrogen (secondary N) is 1. The summed E-state index contributed by atoms with van der Waals surface area (Å²) in [6.07, 6.45) is 0.915. The van der Waals surface area contributed by atoms with Gasteiger partial charge in [-0.3, -0.25) is 10.1 Å². The molecule has 2 aromatic rings. The average Bonchev–Trinajstić information content (AvgIpc) is 2.96. The van der Waals surface area contributed by atoms with E-state index in [1.165, 1.54) is 11.3 Å². The SMILES string of the molecule is CCOCCCNc1nc(-c2ccc(C)c([N+](=O)[O-])c2)cs1. The van der Waals surface area contributed by atoms with E-state index in [0.29, 0.717) is 5.56 Å². The monoisotopic (exact) mass is 321 g/mol. The molecule has 1 heterocycles. The molecule has 0 spiro atoms. The molecule has 2 rings (SSSR count). The number of aryl methyl sites for hydroxylation is 1. The van der Waals surface area contributed by atoms with Crippen molar-refractivity contribution in [2.45, 2.75) is 20.3 Å². The molecule has 0 unspecified atom stereocenters. The van der Waals surface area contributed by atoms with E-state index >= 15 is 0 Å². The number of rotatable bonds is 8. The molecule has 0 atom stereocenters. The van der Waals surface area contributed by atoms with Crippen LogP contribution in [0.25, 0.3) is 11.3 Å². The molecular weight excluding hydrogens is 302 g/mol. The Hall–Kier alpha value is -1.99. The van der Waals surface area contributed by atoms with Gasteiger partial charge in [-0.1, -0.05) is 12.1 Å². The lowest BCUT2D eigenvalue weighted by atomic mass is 10.1. The van der Waals surface area contributed by atoms with Crippen LogP contribution in [0.4, 0.5) is 10.8 Å². The molecule has 1 aromatic carbocycles. The molecular formula is C15H19N3O3S. The van der Waals surface area contributed by atoms with Gasteiger partial charge in [0.1, 0.15) is 0 Å². The van der Waals surface area contributed by atoms with Gasteiger partial charge < -0.3 is 10.1 Å². The first-order valence-electron chi connectivity index (χ1n) is 7.14. The van der Waals surface area contributed by atoms with Crippen molar-refractivity contribution in [1.82, 2.24) is 4.98 Å². The molecule has 0 aliphatic rings. The summed E-state index contributed by atoms with van der Waals surface area (Å²) in [5.74, 6) is 0. The Labute approximate surface area is 133 Å². The Morgan fingerprint density at radius 2 is 2.27 bits per heavy atom. The molecule has 0 amide bonds. The van der Waals surface area contributed by atoms with E-state index in [-0.39, 0.29) is 10.6 Å². The van der Waals surface area contributed by atoms with E-state index in [2.05, 4.69) is 10.3 Å². The standard InChI is InChI=1S/C15H19N3O3S/c1-3-21-8-4-7-16-15-17-13(10-22-15)12-6-5-11(2)14(9-12)18(19)20/h5-6,9-10H,3-4,7-8H2,1-2H3,(H,16,17). The molecule has 22 heavy (non-hydrogen) atoms. The summed E-state index contributed by atoms with van der Waals surface area (Å²) < 4.78 is 5.27. The van der Waals surface area contributed by atoms with Gasteiger partial charge in [-0.05, 0) is 20.3 Å². The lowest BCUT2D eigenvalue weighted by Crippen LogP contribution is -2.05. The third-order valence-electron chi connectivity index (χ3n) is 3.15. The quantitative estimate of drug-likeness (QED) is 0.454. The predicted molar refractivity (Wildman–Crippen MR) is 88.5 cm³/mol. The van der Waals surface area contributed by atoms with Crippen LogP contribution >= 0.6 is 11.3 Å². The van der Waals surface area contributed by atoms with Crippen LogP contribution in [0.15, 0.2) is 23.6 Å². The van der Waals surface area contributed by atoms with E-state index < -0.39 is 0 Å². The maximum absolute atomic E-state index is 11.0. The first-order chi connectivity index (χ1) is 10.6. The van der Waals surface area contributed by atoms with Crippen molar-refractivity contribution in [3.63, 3.8) is 0 Å². The second kappa shape index (κ2) is 7.86. The highest BCUT2D eigenvalue weighted by atomic mass is 32.1. The van der Waals surface area contributed by atoms with Crippen molar-refractivity contribution in [2.75, 3.05) is 25.1 Å². The number of aromatic nitrogens is 1. The summed E-state index contributed by atoms with van der Waals surface area (Å²) in [6, 6.07) is 5.18. The van der Waals surface area contributed by atoms with E-state index in [4.69, 9.17) is 4.74 Å². The van der Waals surface area contributed by atoms with Crippen LogP contribution in [0, 0.1) is 17.0 Å². The number of nitro groups is 1. The Kier molecular flexibility index (Phi) is 5.85. The number of thiazole rings is 1. The fourth-order valence-corrected chi connectivity index (χ4v) is 2.72. The summed E-state index contributed by atoms with van der Waals surface area (Å²) in [5.41, 5.74) is 2.28. The van der Waals surface area contributed by atoms with Crippen molar-refractivity contribution in [1.29, 1.82) is 0 Å². The highest BCUT2D eigenvalue weighted by Crippen LogP contribution is 2.29. The molecule has 0 radical (unpaired) electrons. The summed E-state index contributed by atoms with van der Waals surface area (Å²) >= 11 is 1.49.